The molecule has 1 unspecified atom stereocenters. The summed E-state index contributed by atoms with van der Waals surface area (Å²) in [6.45, 7) is 2.48. The van der Waals surface area contributed by atoms with Gasteiger partial charge in [0.15, 0.2) is 0 Å². The SMILES string of the molecule is CCOc1cncc(C(NN)c2ccc(F)cc2)c1. The van der Waals surface area contributed by atoms with Crippen LogP contribution in [-0.2, 0) is 0 Å². The van der Waals surface area contributed by atoms with Crippen molar-refractivity contribution in [3.63, 3.8) is 0 Å². The molecule has 0 bridgehead atoms. The molecule has 1 aromatic carbocycles. The van der Waals surface area contributed by atoms with Gasteiger partial charge in [-0.2, -0.15) is 0 Å². The summed E-state index contributed by atoms with van der Waals surface area (Å²) in [5.74, 6) is 5.99. The minimum Gasteiger partial charge on any atom is -0.492 e. The molecule has 0 radical (unpaired) electrons. The van der Waals surface area contributed by atoms with Crippen molar-refractivity contribution in [1.82, 2.24) is 10.4 Å². The minimum absolute atomic E-state index is 0.256. The number of rotatable bonds is 5. The highest BCUT2D eigenvalue weighted by atomic mass is 19.1. The maximum atomic E-state index is 12.9. The Balaban J connectivity index is 2.30. The standard InChI is InChI=1S/C14H16FN3O/c1-2-19-13-7-11(8-17-9-13)14(18-16)10-3-5-12(15)6-4-10/h3-9,14,18H,2,16H2,1H3. The van der Waals surface area contributed by atoms with E-state index in [4.69, 9.17) is 10.6 Å². The molecule has 0 aliphatic rings. The van der Waals surface area contributed by atoms with Crippen LogP contribution in [0.2, 0.25) is 0 Å². The quantitative estimate of drug-likeness (QED) is 0.639. The van der Waals surface area contributed by atoms with E-state index in [1.54, 1.807) is 24.5 Å². The van der Waals surface area contributed by atoms with E-state index in [2.05, 4.69) is 10.4 Å². The second kappa shape index (κ2) is 6.26. The molecule has 4 nitrogen and oxygen atoms in total. The number of pyridine rings is 1. The first-order valence-corrected chi connectivity index (χ1v) is 6.04. The smallest absolute Gasteiger partial charge is 0.137 e. The fraction of sp³-hybridized carbons (Fsp3) is 0.214. The summed E-state index contributed by atoms with van der Waals surface area (Å²) < 4.78 is 18.3. The number of benzene rings is 1. The molecule has 19 heavy (non-hydrogen) atoms. The molecule has 1 heterocycles. The predicted octanol–water partition coefficient (Wildman–Crippen LogP) is 2.17. The van der Waals surface area contributed by atoms with Crippen molar-refractivity contribution in [3.05, 3.63) is 59.7 Å². The van der Waals surface area contributed by atoms with Gasteiger partial charge in [0, 0.05) is 6.20 Å². The van der Waals surface area contributed by atoms with Crippen molar-refractivity contribution in [1.29, 1.82) is 0 Å². The van der Waals surface area contributed by atoms with Gasteiger partial charge in [-0.1, -0.05) is 12.1 Å². The molecule has 0 saturated heterocycles. The lowest BCUT2D eigenvalue weighted by Crippen LogP contribution is -2.28. The number of aromatic nitrogens is 1. The number of hydrogen-bond donors (Lipinski definition) is 2. The number of hydrogen-bond acceptors (Lipinski definition) is 4. The van der Waals surface area contributed by atoms with Crippen molar-refractivity contribution < 1.29 is 9.13 Å². The van der Waals surface area contributed by atoms with E-state index in [9.17, 15) is 4.39 Å². The lowest BCUT2D eigenvalue weighted by Gasteiger charge is -2.17. The van der Waals surface area contributed by atoms with Crippen LogP contribution in [0, 0.1) is 5.82 Å². The first kappa shape index (κ1) is 13.5. The molecule has 0 spiro atoms. The topological polar surface area (TPSA) is 60.2 Å². The van der Waals surface area contributed by atoms with Crippen molar-refractivity contribution in [2.24, 2.45) is 5.84 Å². The lowest BCUT2D eigenvalue weighted by atomic mass is 10.0. The van der Waals surface area contributed by atoms with E-state index in [0.717, 1.165) is 11.1 Å². The first-order chi connectivity index (χ1) is 9.24. The van der Waals surface area contributed by atoms with E-state index in [0.29, 0.717) is 12.4 Å². The maximum Gasteiger partial charge on any atom is 0.137 e. The Labute approximate surface area is 111 Å². The second-order valence-corrected chi connectivity index (χ2v) is 4.04. The molecule has 1 aromatic heterocycles. The highest BCUT2D eigenvalue weighted by Gasteiger charge is 2.13. The fourth-order valence-electron chi connectivity index (χ4n) is 1.88. The highest BCUT2D eigenvalue weighted by Crippen LogP contribution is 2.23. The van der Waals surface area contributed by atoms with Gasteiger partial charge in [0.05, 0.1) is 18.8 Å². The van der Waals surface area contributed by atoms with Crippen LogP contribution in [0.5, 0.6) is 5.75 Å². The van der Waals surface area contributed by atoms with Gasteiger partial charge in [0.1, 0.15) is 11.6 Å². The third-order valence-corrected chi connectivity index (χ3v) is 2.75. The first-order valence-electron chi connectivity index (χ1n) is 6.04. The van der Waals surface area contributed by atoms with Gasteiger partial charge in [-0.05, 0) is 36.2 Å². The Morgan fingerprint density at radius 3 is 2.63 bits per heavy atom. The summed E-state index contributed by atoms with van der Waals surface area (Å²) in [6, 6.07) is 7.79. The number of nitrogens with zero attached hydrogens (tertiary/aromatic N) is 1. The average molecular weight is 261 g/mol. The monoisotopic (exact) mass is 261 g/mol. The molecule has 0 fully saturated rings. The Morgan fingerprint density at radius 2 is 2.00 bits per heavy atom. The third kappa shape index (κ3) is 3.27. The fourth-order valence-corrected chi connectivity index (χ4v) is 1.88. The van der Waals surface area contributed by atoms with E-state index in [1.807, 2.05) is 13.0 Å². The molecule has 2 aromatic rings. The van der Waals surface area contributed by atoms with Crippen molar-refractivity contribution in [2.45, 2.75) is 13.0 Å². The highest BCUT2D eigenvalue weighted by molar-refractivity contribution is 5.34. The van der Waals surface area contributed by atoms with Crippen LogP contribution in [-0.4, -0.2) is 11.6 Å². The van der Waals surface area contributed by atoms with Crippen LogP contribution < -0.4 is 16.0 Å². The molecule has 0 aliphatic heterocycles. The van der Waals surface area contributed by atoms with Gasteiger partial charge in [-0.3, -0.25) is 10.8 Å². The summed E-state index contributed by atoms with van der Waals surface area (Å²) in [7, 11) is 0. The average Bonchev–Trinajstić information content (AvgIpc) is 2.43. The van der Waals surface area contributed by atoms with E-state index >= 15 is 0 Å². The lowest BCUT2D eigenvalue weighted by molar-refractivity contribution is 0.338. The zero-order valence-electron chi connectivity index (χ0n) is 10.6. The third-order valence-electron chi connectivity index (χ3n) is 2.75. The largest absolute Gasteiger partial charge is 0.492 e. The Bertz CT molecular complexity index is 530. The molecule has 3 N–H and O–H groups in total. The summed E-state index contributed by atoms with van der Waals surface area (Å²) in [6.07, 6.45) is 3.35. The number of nitrogens with two attached hydrogens (primary N) is 1. The zero-order valence-corrected chi connectivity index (χ0v) is 10.6. The second-order valence-electron chi connectivity index (χ2n) is 4.04. The predicted molar refractivity (Wildman–Crippen MR) is 71.0 cm³/mol. The van der Waals surface area contributed by atoms with Crippen LogP contribution >= 0.6 is 0 Å². The molecule has 1 atom stereocenters. The van der Waals surface area contributed by atoms with Crippen LogP contribution in [0.4, 0.5) is 4.39 Å². The Hall–Kier alpha value is -1.98. The number of halogens is 1. The molecule has 0 aliphatic carbocycles. The van der Waals surface area contributed by atoms with Gasteiger partial charge in [-0.15, -0.1) is 0 Å². The molecule has 0 saturated carbocycles. The van der Waals surface area contributed by atoms with E-state index in [1.165, 1.54) is 12.1 Å². The zero-order chi connectivity index (χ0) is 13.7. The number of hydrazine groups is 1. The van der Waals surface area contributed by atoms with Crippen molar-refractivity contribution in [2.75, 3.05) is 6.61 Å². The minimum atomic E-state index is -0.277. The molecule has 0 amide bonds. The Kier molecular flexibility index (Phi) is 4.43. The van der Waals surface area contributed by atoms with Crippen LogP contribution in [0.15, 0.2) is 42.7 Å². The van der Waals surface area contributed by atoms with E-state index in [-0.39, 0.29) is 11.9 Å². The summed E-state index contributed by atoms with van der Waals surface area (Å²) in [5.41, 5.74) is 4.43. The number of nitrogens with one attached hydrogen (secondary N) is 1. The van der Waals surface area contributed by atoms with Gasteiger partial charge in [0.25, 0.3) is 0 Å². The van der Waals surface area contributed by atoms with E-state index < -0.39 is 0 Å². The summed E-state index contributed by atoms with van der Waals surface area (Å²) >= 11 is 0. The summed E-state index contributed by atoms with van der Waals surface area (Å²) in [5, 5.41) is 0. The normalized spacial score (nSPS) is 12.2. The van der Waals surface area contributed by atoms with Crippen LogP contribution in [0.25, 0.3) is 0 Å². The van der Waals surface area contributed by atoms with Gasteiger partial charge < -0.3 is 4.74 Å². The van der Waals surface area contributed by atoms with Gasteiger partial charge >= 0.3 is 0 Å². The van der Waals surface area contributed by atoms with Crippen LogP contribution in [0.3, 0.4) is 0 Å². The molecular weight excluding hydrogens is 245 g/mol. The van der Waals surface area contributed by atoms with Crippen LogP contribution in [0.1, 0.15) is 24.1 Å². The van der Waals surface area contributed by atoms with Gasteiger partial charge in [0.2, 0.25) is 0 Å². The summed E-state index contributed by atoms with van der Waals surface area (Å²) in [4.78, 5) is 4.12. The Morgan fingerprint density at radius 1 is 1.26 bits per heavy atom. The molecule has 100 valence electrons. The van der Waals surface area contributed by atoms with Crippen molar-refractivity contribution in [3.8, 4) is 5.75 Å². The maximum absolute atomic E-state index is 12.9. The molecule has 5 heteroatoms. The molecule has 2 rings (SSSR count). The number of ether oxygens (including phenoxy) is 1. The molecular formula is C14H16FN3O. The van der Waals surface area contributed by atoms with Gasteiger partial charge in [-0.25, -0.2) is 9.82 Å². The van der Waals surface area contributed by atoms with Crippen molar-refractivity contribution >= 4 is 0 Å².